The summed E-state index contributed by atoms with van der Waals surface area (Å²) in [5, 5.41) is 12.1. The van der Waals surface area contributed by atoms with Gasteiger partial charge < -0.3 is 15.0 Å². The molecule has 1 aliphatic rings. The zero-order valence-corrected chi connectivity index (χ0v) is 10.7. The van der Waals surface area contributed by atoms with Crippen LogP contribution in [0.1, 0.15) is 45.1 Å². The Morgan fingerprint density at radius 2 is 2.39 bits per heavy atom. The lowest BCUT2D eigenvalue weighted by molar-refractivity contribution is -0.123. The Morgan fingerprint density at radius 3 is 2.94 bits per heavy atom. The Labute approximate surface area is 107 Å². The number of aromatic nitrogens is 2. The number of carbonyl (C=O) groups excluding carboxylic acids is 1. The summed E-state index contributed by atoms with van der Waals surface area (Å²) in [7, 11) is 0. The van der Waals surface area contributed by atoms with E-state index in [2.05, 4.69) is 17.2 Å². The predicted octanol–water partition coefficient (Wildman–Crippen LogP) is 1.25. The summed E-state index contributed by atoms with van der Waals surface area (Å²) in [4.78, 5) is 15.9. The summed E-state index contributed by atoms with van der Waals surface area (Å²) in [6, 6.07) is 0.347. The van der Waals surface area contributed by atoms with Crippen molar-refractivity contribution in [1.82, 2.24) is 14.9 Å². The number of aliphatic hydroxyl groups excluding tert-OH is 1. The predicted molar refractivity (Wildman–Crippen MR) is 68.0 cm³/mol. The molecule has 1 aromatic heterocycles. The highest BCUT2D eigenvalue weighted by atomic mass is 16.3. The highest BCUT2D eigenvalue weighted by Crippen LogP contribution is 2.21. The topological polar surface area (TPSA) is 67.2 Å². The van der Waals surface area contributed by atoms with Gasteiger partial charge in [-0.2, -0.15) is 0 Å². The molecule has 1 atom stereocenters. The molecule has 100 valence electrons. The summed E-state index contributed by atoms with van der Waals surface area (Å²) in [6.45, 7) is 2.12. The highest BCUT2D eigenvalue weighted by molar-refractivity contribution is 5.76. The number of rotatable bonds is 6. The number of imidazole rings is 1. The molecule has 0 spiro atoms. The van der Waals surface area contributed by atoms with Crippen molar-refractivity contribution in [3.05, 3.63) is 18.7 Å². The number of nitrogens with one attached hydrogen (secondary N) is 1. The SMILES string of the molecule is CCCC(CC(=O)NC1CC(O)C1)n1ccnc1. The van der Waals surface area contributed by atoms with Crippen molar-refractivity contribution < 1.29 is 9.90 Å². The van der Waals surface area contributed by atoms with Crippen molar-refractivity contribution in [1.29, 1.82) is 0 Å². The molecule has 5 heteroatoms. The van der Waals surface area contributed by atoms with E-state index >= 15 is 0 Å². The van der Waals surface area contributed by atoms with Gasteiger partial charge in [0.05, 0.1) is 12.4 Å². The third-order valence-electron chi connectivity index (χ3n) is 3.47. The van der Waals surface area contributed by atoms with Crippen LogP contribution >= 0.6 is 0 Å². The molecule has 0 aliphatic heterocycles. The number of hydrogen-bond donors (Lipinski definition) is 2. The Kier molecular flexibility index (Phi) is 4.36. The molecule has 1 unspecified atom stereocenters. The van der Waals surface area contributed by atoms with E-state index in [1.807, 2.05) is 10.8 Å². The van der Waals surface area contributed by atoms with E-state index in [9.17, 15) is 9.90 Å². The summed E-state index contributed by atoms with van der Waals surface area (Å²) in [5.41, 5.74) is 0. The summed E-state index contributed by atoms with van der Waals surface area (Å²) >= 11 is 0. The zero-order valence-electron chi connectivity index (χ0n) is 10.7. The van der Waals surface area contributed by atoms with E-state index < -0.39 is 0 Å². The molecule has 0 radical (unpaired) electrons. The molecule has 0 aromatic carbocycles. The van der Waals surface area contributed by atoms with Crippen molar-refractivity contribution in [2.45, 2.75) is 57.2 Å². The highest BCUT2D eigenvalue weighted by Gasteiger charge is 2.28. The number of amides is 1. The van der Waals surface area contributed by atoms with Crippen LogP contribution in [0.3, 0.4) is 0 Å². The van der Waals surface area contributed by atoms with Crippen molar-refractivity contribution in [3.63, 3.8) is 0 Å². The maximum Gasteiger partial charge on any atom is 0.222 e. The first-order valence-corrected chi connectivity index (χ1v) is 6.64. The van der Waals surface area contributed by atoms with E-state index in [-0.39, 0.29) is 24.1 Å². The molecule has 1 fully saturated rings. The van der Waals surface area contributed by atoms with Gasteiger partial charge in [0.15, 0.2) is 0 Å². The average molecular weight is 251 g/mol. The minimum atomic E-state index is -0.226. The largest absolute Gasteiger partial charge is 0.393 e. The van der Waals surface area contributed by atoms with Crippen LogP contribution in [0.4, 0.5) is 0 Å². The van der Waals surface area contributed by atoms with Crippen LogP contribution in [-0.4, -0.2) is 32.7 Å². The standard InChI is InChI=1S/C13H21N3O2/c1-2-3-11(16-5-4-14-9-16)8-13(18)15-10-6-12(17)7-10/h4-5,9-12,17H,2-3,6-8H2,1H3,(H,15,18). The van der Waals surface area contributed by atoms with Gasteiger partial charge in [-0.3, -0.25) is 4.79 Å². The van der Waals surface area contributed by atoms with Gasteiger partial charge in [0.1, 0.15) is 0 Å². The van der Waals surface area contributed by atoms with Crippen molar-refractivity contribution >= 4 is 5.91 Å². The van der Waals surface area contributed by atoms with Crippen LogP contribution in [0.2, 0.25) is 0 Å². The lowest BCUT2D eigenvalue weighted by Gasteiger charge is -2.32. The minimum absolute atomic E-state index is 0.0686. The Bertz CT molecular complexity index is 372. The van der Waals surface area contributed by atoms with Gasteiger partial charge in [-0.25, -0.2) is 4.98 Å². The first-order chi connectivity index (χ1) is 8.69. The number of carbonyl (C=O) groups is 1. The van der Waals surface area contributed by atoms with E-state index in [0.29, 0.717) is 19.3 Å². The molecular formula is C13H21N3O2. The van der Waals surface area contributed by atoms with E-state index in [0.717, 1.165) is 12.8 Å². The molecular weight excluding hydrogens is 230 g/mol. The van der Waals surface area contributed by atoms with Crippen LogP contribution in [0.15, 0.2) is 18.7 Å². The van der Waals surface area contributed by atoms with Crippen molar-refractivity contribution in [2.75, 3.05) is 0 Å². The van der Waals surface area contributed by atoms with Gasteiger partial charge in [0.2, 0.25) is 5.91 Å². The second-order valence-electron chi connectivity index (χ2n) is 5.05. The fourth-order valence-corrected chi connectivity index (χ4v) is 2.38. The van der Waals surface area contributed by atoms with Crippen LogP contribution < -0.4 is 5.32 Å². The van der Waals surface area contributed by atoms with E-state index in [1.165, 1.54) is 0 Å². The van der Waals surface area contributed by atoms with Gasteiger partial charge >= 0.3 is 0 Å². The molecule has 2 N–H and O–H groups in total. The van der Waals surface area contributed by atoms with Gasteiger partial charge in [-0.1, -0.05) is 13.3 Å². The Hall–Kier alpha value is -1.36. The van der Waals surface area contributed by atoms with Crippen molar-refractivity contribution in [3.8, 4) is 0 Å². The molecule has 1 aliphatic carbocycles. The number of hydrogen-bond acceptors (Lipinski definition) is 3. The molecule has 1 aromatic rings. The van der Waals surface area contributed by atoms with Gasteiger partial charge in [0.25, 0.3) is 0 Å². The second-order valence-corrected chi connectivity index (χ2v) is 5.05. The normalized spacial score (nSPS) is 24.3. The molecule has 1 amide bonds. The van der Waals surface area contributed by atoms with Gasteiger partial charge in [-0.05, 0) is 19.3 Å². The average Bonchev–Trinajstić information content (AvgIpc) is 2.79. The van der Waals surface area contributed by atoms with E-state index in [4.69, 9.17) is 0 Å². The number of nitrogens with zero attached hydrogens (tertiary/aromatic N) is 2. The zero-order chi connectivity index (χ0) is 13.0. The van der Waals surface area contributed by atoms with Crippen LogP contribution in [0, 0.1) is 0 Å². The third kappa shape index (κ3) is 3.32. The summed E-state index contributed by atoms with van der Waals surface area (Å²) in [5.74, 6) is 0.0686. The van der Waals surface area contributed by atoms with Gasteiger partial charge in [0, 0.05) is 30.9 Å². The maximum atomic E-state index is 11.9. The smallest absolute Gasteiger partial charge is 0.222 e. The monoisotopic (exact) mass is 251 g/mol. The van der Waals surface area contributed by atoms with Crippen LogP contribution in [0.5, 0.6) is 0 Å². The fraction of sp³-hybridized carbons (Fsp3) is 0.692. The third-order valence-corrected chi connectivity index (χ3v) is 3.47. The molecule has 2 rings (SSSR count). The fourth-order valence-electron chi connectivity index (χ4n) is 2.38. The van der Waals surface area contributed by atoms with Crippen molar-refractivity contribution in [2.24, 2.45) is 0 Å². The lowest BCUT2D eigenvalue weighted by atomic mass is 9.89. The lowest BCUT2D eigenvalue weighted by Crippen LogP contribution is -2.47. The first-order valence-electron chi connectivity index (χ1n) is 6.64. The first kappa shape index (κ1) is 13.1. The van der Waals surface area contributed by atoms with Crippen LogP contribution in [0.25, 0.3) is 0 Å². The molecule has 0 bridgehead atoms. The van der Waals surface area contributed by atoms with Crippen LogP contribution in [-0.2, 0) is 4.79 Å². The Balaban J connectivity index is 1.83. The molecule has 5 nitrogen and oxygen atoms in total. The second kappa shape index (κ2) is 6.00. The molecule has 18 heavy (non-hydrogen) atoms. The molecule has 1 heterocycles. The quantitative estimate of drug-likeness (QED) is 0.799. The van der Waals surface area contributed by atoms with E-state index in [1.54, 1.807) is 12.5 Å². The molecule has 0 saturated heterocycles. The summed E-state index contributed by atoms with van der Waals surface area (Å²) < 4.78 is 2.00. The Morgan fingerprint density at radius 1 is 1.61 bits per heavy atom. The summed E-state index contributed by atoms with van der Waals surface area (Å²) in [6.07, 6.45) is 9.05. The minimum Gasteiger partial charge on any atom is -0.393 e. The van der Waals surface area contributed by atoms with Gasteiger partial charge in [-0.15, -0.1) is 0 Å². The maximum absolute atomic E-state index is 11.9. The number of aliphatic hydroxyl groups is 1. The molecule has 1 saturated carbocycles.